The molecule has 0 aliphatic rings. The van der Waals surface area contributed by atoms with Gasteiger partial charge in [-0.1, -0.05) is 6.07 Å². The lowest BCUT2D eigenvalue weighted by atomic mass is 10.1. The molecule has 20 heavy (non-hydrogen) atoms. The van der Waals surface area contributed by atoms with E-state index in [0.717, 1.165) is 29.1 Å². The van der Waals surface area contributed by atoms with Crippen LogP contribution in [0.1, 0.15) is 16.1 Å². The standard InChI is InChI=1S/C14H15N5S/c1-9-6-12(17-14(15)16-9)13-10(8-19(2)18-13)7-11-4-3-5-20-11/h3-6,8H,7H2,1-2H3,(H2,15,16,17). The first-order valence-electron chi connectivity index (χ1n) is 6.28. The van der Waals surface area contributed by atoms with E-state index in [-0.39, 0.29) is 5.95 Å². The quantitative estimate of drug-likeness (QED) is 0.802. The zero-order valence-electron chi connectivity index (χ0n) is 11.4. The van der Waals surface area contributed by atoms with E-state index in [2.05, 4.69) is 32.6 Å². The third-order valence-electron chi connectivity index (χ3n) is 2.96. The zero-order chi connectivity index (χ0) is 14.1. The maximum absolute atomic E-state index is 5.73. The summed E-state index contributed by atoms with van der Waals surface area (Å²) < 4.78 is 1.81. The average Bonchev–Trinajstić information content (AvgIpc) is 2.98. The average molecular weight is 285 g/mol. The molecule has 0 aliphatic carbocycles. The van der Waals surface area contributed by atoms with E-state index in [4.69, 9.17) is 5.73 Å². The van der Waals surface area contributed by atoms with Crippen LogP contribution in [0, 0.1) is 6.92 Å². The van der Waals surface area contributed by atoms with E-state index in [9.17, 15) is 0 Å². The summed E-state index contributed by atoms with van der Waals surface area (Å²) in [6.07, 6.45) is 2.88. The Morgan fingerprint density at radius 2 is 2.20 bits per heavy atom. The van der Waals surface area contributed by atoms with Crippen molar-refractivity contribution in [1.29, 1.82) is 0 Å². The Morgan fingerprint density at radius 3 is 2.90 bits per heavy atom. The van der Waals surface area contributed by atoms with Crippen LogP contribution in [0.4, 0.5) is 5.95 Å². The lowest BCUT2D eigenvalue weighted by Crippen LogP contribution is -2.00. The molecule has 2 N–H and O–H groups in total. The van der Waals surface area contributed by atoms with Crippen LogP contribution in [-0.4, -0.2) is 19.7 Å². The number of anilines is 1. The van der Waals surface area contributed by atoms with Gasteiger partial charge in [0.25, 0.3) is 0 Å². The molecule has 0 aliphatic heterocycles. The van der Waals surface area contributed by atoms with Gasteiger partial charge in [0.1, 0.15) is 5.69 Å². The summed E-state index contributed by atoms with van der Waals surface area (Å²) in [4.78, 5) is 9.71. The van der Waals surface area contributed by atoms with Crippen molar-refractivity contribution in [2.45, 2.75) is 13.3 Å². The molecule has 0 atom stereocenters. The molecule has 6 heteroatoms. The number of rotatable bonds is 3. The van der Waals surface area contributed by atoms with Crippen LogP contribution in [-0.2, 0) is 13.5 Å². The van der Waals surface area contributed by atoms with Crippen molar-refractivity contribution < 1.29 is 0 Å². The number of aryl methyl sites for hydroxylation is 2. The molecule has 3 heterocycles. The van der Waals surface area contributed by atoms with Crippen molar-refractivity contribution >= 4 is 17.3 Å². The third kappa shape index (κ3) is 2.55. The number of aromatic nitrogens is 4. The van der Waals surface area contributed by atoms with Gasteiger partial charge in [-0.3, -0.25) is 4.68 Å². The summed E-state index contributed by atoms with van der Waals surface area (Å²) in [7, 11) is 1.92. The lowest BCUT2D eigenvalue weighted by Gasteiger charge is -2.03. The molecule has 0 aromatic carbocycles. The molecule has 3 rings (SSSR count). The number of nitrogens with two attached hydrogens (primary N) is 1. The normalized spacial score (nSPS) is 10.9. The highest BCUT2D eigenvalue weighted by molar-refractivity contribution is 7.09. The van der Waals surface area contributed by atoms with Crippen LogP contribution < -0.4 is 5.73 Å². The smallest absolute Gasteiger partial charge is 0.220 e. The fraction of sp³-hybridized carbons (Fsp3) is 0.214. The van der Waals surface area contributed by atoms with E-state index < -0.39 is 0 Å². The Balaban J connectivity index is 2.04. The van der Waals surface area contributed by atoms with Crippen molar-refractivity contribution in [3.8, 4) is 11.4 Å². The summed E-state index contributed by atoms with van der Waals surface area (Å²) in [5, 5.41) is 6.60. The van der Waals surface area contributed by atoms with Gasteiger partial charge in [0.05, 0.1) is 5.69 Å². The Morgan fingerprint density at radius 1 is 1.35 bits per heavy atom. The molecular weight excluding hydrogens is 270 g/mol. The fourth-order valence-electron chi connectivity index (χ4n) is 2.20. The largest absolute Gasteiger partial charge is 0.368 e. The van der Waals surface area contributed by atoms with Gasteiger partial charge in [-0.25, -0.2) is 9.97 Å². The molecule has 102 valence electrons. The maximum Gasteiger partial charge on any atom is 0.220 e. The van der Waals surface area contributed by atoms with E-state index >= 15 is 0 Å². The van der Waals surface area contributed by atoms with Crippen LogP contribution in [0.25, 0.3) is 11.4 Å². The van der Waals surface area contributed by atoms with Gasteiger partial charge in [-0.05, 0) is 24.4 Å². The second kappa shape index (κ2) is 5.05. The van der Waals surface area contributed by atoms with Crippen LogP contribution >= 0.6 is 11.3 Å². The summed E-state index contributed by atoms with van der Waals surface area (Å²) in [6.45, 7) is 1.91. The van der Waals surface area contributed by atoms with Crippen LogP contribution in [0.3, 0.4) is 0 Å². The molecular formula is C14H15N5S. The summed E-state index contributed by atoms with van der Waals surface area (Å²) in [6, 6.07) is 6.10. The van der Waals surface area contributed by atoms with E-state index in [1.54, 1.807) is 11.3 Å². The number of hydrogen-bond donors (Lipinski definition) is 1. The highest BCUT2D eigenvalue weighted by Gasteiger charge is 2.13. The third-order valence-corrected chi connectivity index (χ3v) is 3.84. The van der Waals surface area contributed by atoms with Gasteiger partial charge in [0.15, 0.2) is 0 Å². The highest BCUT2D eigenvalue weighted by atomic mass is 32.1. The molecule has 3 aromatic rings. The summed E-state index contributed by atoms with van der Waals surface area (Å²) in [5.41, 5.74) is 9.38. The van der Waals surface area contributed by atoms with Gasteiger partial charge in [-0.2, -0.15) is 5.10 Å². The Labute approximate surface area is 121 Å². The Bertz CT molecular complexity index is 710. The minimum atomic E-state index is 0.285. The topological polar surface area (TPSA) is 69.6 Å². The van der Waals surface area contributed by atoms with Gasteiger partial charge in [0, 0.05) is 35.8 Å². The fourth-order valence-corrected chi connectivity index (χ4v) is 2.92. The summed E-state index contributed by atoms with van der Waals surface area (Å²) in [5.74, 6) is 0.285. The number of thiophene rings is 1. The maximum atomic E-state index is 5.73. The SMILES string of the molecule is Cc1cc(-c2nn(C)cc2Cc2cccs2)nc(N)n1. The Hall–Kier alpha value is -2.21. The van der Waals surface area contributed by atoms with Crippen LogP contribution in [0.15, 0.2) is 29.8 Å². The molecule has 0 unspecified atom stereocenters. The van der Waals surface area contributed by atoms with Gasteiger partial charge in [0.2, 0.25) is 5.95 Å². The van der Waals surface area contributed by atoms with Crippen LogP contribution in [0.2, 0.25) is 0 Å². The van der Waals surface area contributed by atoms with Crippen molar-refractivity contribution in [2.24, 2.45) is 7.05 Å². The molecule has 0 saturated carbocycles. The first kappa shape index (κ1) is 12.8. The molecule has 0 radical (unpaired) electrons. The van der Waals surface area contributed by atoms with Crippen molar-refractivity contribution in [1.82, 2.24) is 19.7 Å². The van der Waals surface area contributed by atoms with E-state index in [1.807, 2.05) is 30.9 Å². The molecule has 0 amide bonds. The monoisotopic (exact) mass is 285 g/mol. The number of hydrogen-bond acceptors (Lipinski definition) is 5. The molecule has 3 aromatic heterocycles. The minimum absolute atomic E-state index is 0.285. The van der Waals surface area contributed by atoms with E-state index in [1.165, 1.54) is 4.88 Å². The predicted octanol–water partition coefficient (Wildman–Crippen LogP) is 2.42. The molecule has 0 bridgehead atoms. The molecule has 0 spiro atoms. The first-order chi connectivity index (χ1) is 9.61. The summed E-state index contributed by atoms with van der Waals surface area (Å²) >= 11 is 1.74. The Kier molecular flexibility index (Phi) is 3.23. The van der Waals surface area contributed by atoms with Gasteiger partial charge < -0.3 is 5.73 Å². The minimum Gasteiger partial charge on any atom is -0.368 e. The van der Waals surface area contributed by atoms with Crippen molar-refractivity contribution in [3.63, 3.8) is 0 Å². The van der Waals surface area contributed by atoms with Gasteiger partial charge in [-0.15, -0.1) is 11.3 Å². The lowest BCUT2D eigenvalue weighted by molar-refractivity contribution is 0.769. The van der Waals surface area contributed by atoms with E-state index in [0.29, 0.717) is 0 Å². The molecule has 0 fully saturated rings. The second-order valence-corrected chi connectivity index (χ2v) is 5.72. The number of nitrogens with zero attached hydrogens (tertiary/aromatic N) is 4. The van der Waals surface area contributed by atoms with Crippen LogP contribution in [0.5, 0.6) is 0 Å². The van der Waals surface area contributed by atoms with Gasteiger partial charge >= 0.3 is 0 Å². The zero-order valence-corrected chi connectivity index (χ0v) is 12.2. The van der Waals surface area contributed by atoms with Crippen molar-refractivity contribution in [3.05, 3.63) is 45.9 Å². The molecule has 5 nitrogen and oxygen atoms in total. The molecule has 0 saturated heterocycles. The first-order valence-corrected chi connectivity index (χ1v) is 7.16. The van der Waals surface area contributed by atoms with Crippen molar-refractivity contribution in [2.75, 3.05) is 5.73 Å². The highest BCUT2D eigenvalue weighted by Crippen LogP contribution is 2.25. The predicted molar refractivity (Wildman–Crippen MR) is 80.5 cm³/mol. The number of nitrogen functional groups attached to an aromatic ring is 1. The second-order valence-electron chi connectivity index (χ2n) is 4.69.